The van der Waals surface area contributed by atoms with E-state index < -0.39 is 13.1 Å². The molecule has 1 aromatic carbocycles. The van der Waals surface area contributed by atoms with E-state index in [1.54, 1.807) is 26.0 Å². The van der Waals surface area contributed by atoms with Gasteiger partial charge in [-0.25, -0.2) is 4.79 Å². The molecule has 0 unspecified atom stereocenters. The fourth-order valence-corrected chi connectivity index (χ4v) is 2.73. The standard InChI is InChI=1S/C15H18BClO5/c1-3-11(18)8-10-7-9-5-6-12(17)13(15(19)21-4-2)14(9)22-16(10)20/h5-6,10,20H,3-4,7-8H2,1-2H3/t10-/m1/s1. The Labute approximate surface area is 134 Å². The summed E-state index contributed by atoms with van der Waals surface area (Å²) in [7, 11) is -1.14. The number of hydrogen-bond donors (Lipinski definition) is 1. The number of fused-ring (bicyclic) bond motifs is 1. The van der Waals surface area contributed by atoms with Crippen molar-refractivity contribution in [1.82, 2.24) is 0 Å². The summed E-state index contributed by atoms with van der Waals surface area (Å²) in [6.45, 7) is 3.70. The number of carbonyl (C=O) groups is 2. The summed E-state index contributed by atoms with van der Waals surface area (Å²) in [6.07, 6.45) is 1.12. The molecule has 0 aliphatic carbocycles. The van der Waals surface area contributed by atoms with Crippen LogP contribution in [0.2, 0.25) is 10.8 Å². The summed E-state index contributed by atoms with van der Waals surface area (Å²) in [6, 6.07) is 3.35. The first-order valence-electron chi connectivity index (χ1n) is 7.32. The van der Waals surface area contributed by atoms with E-state index >= 15 is 0 Å². The van der Waals surface area contributed by atoms with Gasteiger partial charge >= 0.3 is 13.1 Å². The average molecular weight is 325 g/mol. The molecular formula is C15H18BClO5. The third-order valence-corrected chi connectivity index (χ3v) is 3.99. The molecule has 1 heterocycles. The van der Waals surface area contributed by atoms with E-state index in [1.165, 1.54) is 0 Å². The number of esters is 1. The molecule has 22 heavy (non-hydrogen) atoms. The van der Waals surface area contributed by atoms with Crippen LogP contribution in [0.3, 0.4) is 0 Å². The molecule has 1 aliphatic heterocycles. The van der Waals surface area contributed by atoms with Gasteiger partial charge in [0.25, 0.3) is 0 Å². The zero-order valence-electron chi connectivity index (χ0n) is 12.6. The van der Waals surface area contributed by atoms with Crippen LogP contribution in [0.5, 0.6) is 5.75 Å². The molecule has 0 saturated carbocycles. The second-order valence-corrected chi connectivity index (χ2v) is 5.61. The van der Waals surface area contributed by atoms with Crippen LogP contribution in [-0.4, -0.2) is 30.5 Å². The summed E-state index contributed by atoms with van der Waals surface area (Å²) < 4.78 is 10.5. The van der Waals surface area contributed by atoms with Crippen LogP contribution in [0, 0.1) is 0 Å². The lowest BCUT2D eigenvalue weighted by molar-refractivity contribution is -0.118. The van der Waals surface area contributed by atoms with Gasteiger partial charge in [0, 0.05) is 18.7 Å². The Hall–Kier alpha value is -1.53. The maximum Gasteiger partial charge on any atom is 0.526 e. The van der Waals surface area contributed by atoms with Gasteiger partial charge in [0.05, 0.1) is 11.6 Å². The van der Waals surface area contributed by atoms with Gasteiger partial charge in [0.15, 0.2) is 0 Å². The van der Waals surface area contributed by atoms with Crippen molar-refractivity contribution in [3.8, 4) is 5.75 Å². The molecule has 0 amide bonds. The molecule has 7 heteroatoms. The van der Waals surface area contributed by atoms with Gasteiger partial charge in [-0.1, -0.05) is 24.6 Å². The number of ketones is 1. The predicted molar refractivity (Wildman–Crippen MR) is 83.4 cm³/mol. The molecule has 1 aliphatic rings. The van der Waals surface area contributed by atoms with Gasteiger partial charge in [-0.15, -0.1) is 0 Å². The van der Waals surface area contributed by atoms with Crippen LogP contribution < -0.4 is 4.65 Å². The number of ether oxygens (including phenoxy) is 1. The van der Waals surface area contributed by atoms with Gasteiger partial charge in [-0.2, -0.15) is 0 Å². The Morgan fingerprint density at radius 3 is 2.82 bits per heavy atom. The molecule has 1 aromatic rings. The Kier molecular flexibility index (Phi) is 5.48. The van der Waals surface area contributed by atoms with E-state index in [9.17, 15) is 14.6 Å². The highest BCUT2D eigenvalue weighted by atomic mass is 35.5. The van der Waals surface area contributed by atoms with Crippen molar-refractivity contribution in [2.75, 3.05) is 6.61 Å². The van der Waals surface area contributed by atoms with Crippen molar-refractivity contribution >= 4 is 30.5 Å². The summed E-state index contributed by atoms with van der Waals surface area (Å²) in [5.74, 6) is -0.592. The lowest BCUT2D eigenvalue weighted by Gasteiger charge is -2.28. The Morgan fingerprint density at radius 1 is 1.45 bits per heavy atom. The molecule has 2 rings (SSSR count). The maximum absolute atomic E-state index is 12.0. The summed E-state index contributed by atoms with van der Waals surface area (Å²) >= 11 is 6.07. The van der Waals surface area contributed by atoms with Crippen molar-refractivity contribution in [3.05, 3.63) is 28.3 Å². The zero-order valence-corrected chi connectivity index (χ0v) is 13.4. The second-order valence-electron chi connectivity index (χ2n) is 5.20. The van der Waals surface area contributed by atoms with Crippen LogP contribution in [0.4, 0.5) is 0 Å². The van der Waals surface area contributed by atoms with Gasteiger partial charge in [0.2, 0.25) is 0 Å². The fraction of sp³-hybridized carbons (Fsp3) is 0.467. The van der Waals surface area contributed by atoms with E-state index in [4.69, 9.17) is 21.0 Å². The maximum atomic E-state index is 12.0. The van der Waals surface area contributed by atoms with E-state index in [2.05, 4.69) is 0 Å². The molecule has 118 valence electrons. The molecule has 1 N–H and O–H groups in total. The van der Waals surface area contributed by atoms with Gasteiger partial charge in [-0.3, -0.25) is 4.79 Å². The number of rotatable bonds is 5. The first-order chi connectivity index (χ1) is 10.5. The monoisotopic (exact) mass is 324 g/mol. The van der Waals surface area contributed by atoms with E-state index in [-0.39, 0.29) is 41.0 Å². The smallest absolute Gasteiger partial charge is 0.526 e. The Bertz CT molecular complexity index is 590. The molecule has 1 atom stereocenters. The van der Waals surface area contributed by atoms with Crippen LogP contribution in [0.15, 0.2) is 12.1 Å². The first kappa shape index (κ1) is 16.8. The summed E-state index contributed by atoms with van der Waals surface area (Å²) in [5.41, 5.74) is 0.868. The lowest BCUT2D eigenvalue weighted by atomic mass is 9.64. The highest BCUT2D eigenvalue weighted by Gasteiger charge is 2.38. The van der Waals surface area contributed by atoms with Crippen molar-refractivity contribution in [2.45, 2.75) is 38.9 Å². The number of hydrogen-bond acceptors (Lipinski definition) is 5. The topological polar surface area (TPSA) is 72.8 Å². The Morgan fingerprint density at radius 2 is 2.18 bits per heavy atom. The molecule has 0 radical (unpaired) electrons. The number of carbonyl (C=O) groups excluding carboxylic acids is 2. The largest absolute Gasteiger partial charge is 0.535 e. The third kappa shape index (κ3) is 3.44. The van der Waals surface area contributed by atoms with Crippen LogP contribution >= 0.6 is 11.6 Å². The van der Waals surface area contributed by atoms with Crippen LogP contribution in [-0.2, 0) is 16.0 Å². The summed E-state index contributed by atoms with van der Waals surface area (Å²) in [4.78, 5) is 23.6. The molecule has 0 fully saturated rings. The first-order valence-corrected chi connectivity index (χ1v) is 7.70. The number of halogens is 1. The highest BCUT2D eigenvalue weighted by Crippen LogP contribution is 2.39. The van der Waals surface area contributed by atoms with Crippen LogP contribution in [0.25, 0.3) is 0 Å². The van der Waals surface area contributed by atoms with E-state index in [1.807, 2.05) is 0 Å². The van der Waals surface area contributed by atoms with Gasteiger partial charge < -0.3 is 14.4 Å². The molecule has 0 saturated heterocycles. The minimum Gasteiger partial charge on any atom is -0.535 e. The molecule has 5 nitrogen and oxygen atoms in total. The van der Waals surface area contributed by atoms with Gasteiger partial charge in [-0.05, 0) is 25.0 Å². The van der Waals surface area contributed by atoms with E-state index in [0.717, 1.165) is 5.56 Å². The average Bonchev–Trinajstić information content (AvgIpc) is 2.48. The number of Topliss-reactive ketones (excluding diaryl/α,β-unsaturated/α-hetero) is 1. The highest BCUT2D eigenvalue weighted by molar-refractivity contribution is 6.47. The molecule has 0 bridgehead atoms. The zero-order chi connectivity index (χ0) is 16.3. The SMILES string of the molecule is CCOC(=O)c1c(Cl)ccc2c1OB(O)[C@@H](CC(=O)CC)C2. The van der Waals surface area contributed by atoms with Crippen molar-refractivity contribution in [2.24, 2.45) is 0 Å². The molecular weight excluding hydrogens is 306 g/mol. The quantitative estimate of drug-likeness (QED) is 0.666. The molecule has 0 aromatic heterocycles. The molecule has 0 spiro atoms. The number of benzene rings is 1. The van der Waals surface area contributed by atoms with Crippen molar-refractivity contribution in [3.63, 3.8) is 0 Å². The second kappa shape index (κ2) is 7.16. The minimum atomic E-state index is -1.14. The van der Waals surface area contributed by atoms with Crippen LogP contribution in [0.1, 0.15) is 42.6 Å². The van der Waals surface area contributed by atoms with Crippen molar-refractivity contribution in [1.29, 1.82) is 0 Å². The lowest BCUT2D eigenvalue weighted by Crippen LogP contribution is -2.36. The fourth-order valence-electron chi connectivity index (χ4n) is 2.50. The predicted octanol–water partition coefficient (Wildman–Crippen LogP) is 2.67. The third-order valence-electron chi connectivity index (χ3n) is 3.68. The van der Waals surface area contributed by atoms with E-state index in [0.29, 0.717) is 12.8 Å². The normalized spacial score (nSPS) is 16.7. The Balaban J connectivity index is 2.32. The summed E-state index contributed by atoms with van der Waals surface area (Å²) in [5, 5.41) is 10.3. The minimum absolute atomic E-state index is 0.0654. The van der Waals surface area contributed by atoms with Crippen molar-refractivity contribution < 1.29 is 24.0 Å². The van der Waals surface area contributed by atoms with Gasteiger partial charge in [0.1, 0.15) is 17.1 Å².